The standard InChI is InChI=1S/C16H21ClN4O2S/c1-3-23-16(22)21-9-7-12(8-10-21)19-20-15(24)18-14-6-4-5-13(17)11(14)2/h4-6H,3,7-10H2,1-2H3,(H2,18,20,24). The van der Waals surface area contributed by atoms with Crippen molar-refractivity contribution in [1.29, 1.82) is 0 Å². The first-order valence-corrected chi connectivity index (χ1v) is 8.59. The van der Waals surface area contributed by atoms with E-state index in [2.05, 4.69) is 15.8 Å². The zero-order valence-corrected chi connectivity index (χ0v) is 15.3. The number of hydrazone groups is 1. The average molecular weight is 369 g/mol. The molecule has 0 unspecified atom stereocenters. The van der Waals surface area contributed by atoms with Crippen LogP contribution in [0, 0.1) is 6.92 Å². The molecular weight excluding hydrogens is 348 g/mol. The average Bonchev–Trinajstić information content (AvgIpc) is 2.58. The maximum Gasteiger partial charge on any atom is 0.409 e. The van der Waals surface area contributed by atoms with Crippen LogP contribution in [-0.2, 0) is 4.74 Å². The van der Waals surface area contributed by atoms with E-state index in [1.54, 1.807) is 11.8 Å². The molecule has 8 heteroatoms. The van der Waals surface area contributed by atoms with Gasteiger partial charge in [-0.15, -0.1) is 0 Å². The summed E-state index contributed by atoms with van der Waals surface area (Å²) < 4.78 is 4.99. The first kappa shape index (κ1) is 18.5. The van der Waals surface area contributed by atoms with E-state index in [9.17, 15) is 4.79 Å². The second-order valence-electron chi connectivity index (χ2n) is 5.34. The highest BCUT2D eigenvalue weighted by molar-refractivity contribution is 7.80. The Kier molecular flexibility index (Phi) is 6.81. The van der Waals surface area contributed by atoms with Crippen molar-refractivity contribution in [3.05, 3.63) is 28.8 Å². The molecule has 0 spiro atoms. The van der Waals surface area contributed by atoms with Crippen molar-refractivity contribution in [2.24, 2.45) is 5.10 Å². The van der Waals surface area contributed by atoms with Gasteiger partial charge in [0.1, 0.15) is 0 Å². The topological polar surface area (TPSA) is 66.0 Å². The number of rotatable bonds is 3. The number of hydrogen-bond acceptors (Lipinski definition) is 4. The highest BCUT2D eigenvalue weighted by Gasteiger charge is 2.20. The number of nitrogens with zero attached hydrogens (tertiary/aromatic N) is 2. The number of thiocarbonyl (C=S) groups is 1. The van der Waals surface area contributed by atoms with Gasteiger partial charge in [-0.05, 0) is 43.8 Å². The van der Waals surface area contributed by atoms with Gasteiger partial charge in [-0.25, -0.2) is 4.79 Å². The molecule has 130 valence electrons. The molecule has 0 aromatic heterocycles. The lowest BCUT2D eigenvalue weighted by molar-refractivity contribution is 0.107. The van der Waals surface area contributed by atoms with E-state index >= 15 is 0 Å². The van der Waals surface area contributed by atoms with Gasteiger partial charge in [0.2, 0.25) is 0 Å². The van der Waals surface area contributed by atoms with E-state index in [0.717, 1.165) is 17.0 Å². The van der Waals surface area contributed by atoms with Crippen LogP contribution in [0.3, 0.4) is 0 Å². The number of hydrogen-bond donors (Lipinski definition) is 2. The Bertz CT molecular complexity index is 641. The van der Waals surface area contributed by atoms with Gasteiger partial charge in [0.25, 0.3) is 0 Å². The Balaban J connectivity index is 1.82. The van der Waals surface area contributed by atoms with Gasteiger partial charge < -0.3 is 15.0 Å². The van der Waals surface area contributed by atoms with Gasteiger partial charge in [0.05, 0.1) is 6.61 Å². The monoisotopic (exact) mass is 368 g/mol. The molecule has 1 aromatic carbocycles. The Hall–Kier alpha value is -1.86. The first-order chi connectivity index (χ1) is 11.5. The van der Waals surface area contributed by atoms with Crippen LogP contribution in [0.15, 0.2) is 23.3 Å². The summed E-state index contributed by atoms with van der Waals surface area (Å²) in [6.45, 7) is 5.32. The molecule has 0 saturated carbocycles. The Morgan fingerprint density at radius 1 is 1.42 bits per heavy atom. The summed E-state index contributed by atoms with van der Waals surface area (Å²) in [7, 11) is 0. The SMILES string of the molecule is CCOC(=O)N1CCC(=NNC(=S)Nc2cccc(Cl)c2C)CC1. The van der Waals surface area contributed by atoms with Crippen LogP contribution in [0.25, 0.3) is 0 Å². The van der Waals surface area contributed by atoms with Crippen molar-refractivity contribution < 1.29 is 9.53 Å². The van der Waals surface area contributed by atoms with E-state index < -0.39 is 0 Å². The molecule has 1 saturated heterocycles. The second kappa shape index (κ2) is 8.84. The van der Waals surface area contributed by atoms with Crippen LogP contribution < -0.4 is 10.7 Å². The molecule has 2 rings (SSSR count). The minimum atomic E-state index is -0.266. The van der Waals surface area contributed by atoms with Crippen molar-refractivity contribution in [2.75, 3.05) is 25.0 Å². The molecule has 1 aliphatic rings. The molecule has 24 heavy (non-hydrogen) atoms. The molecule has 1 aliphatic heterocycles. The number of anilines is 1. The smallest absolute Gasteiger partial charge is 0.409 e. The molecule has 0 radical (unpaired) electrons. The van der Waals surface area contributed by atoms with Crippen LogP contribution in [-0.4, -0.2) is 41.5 Å². The number of benzene rings is 1. The van der Waals surface area contributed by atoms with E-state index in [1.807, 2.05) is 25.1 Å². The summed E-state index contributed by atoms with van der Waals surface area (Å²) in [4.78, 5) is 13.3. The maximum atomic E-state index is 11.6. The molecule has 0 bridgehead atoms. The minimum Gasteiger partial charge on any atom is -0.450 e. The van der Waals surface area contributed by atoms with Gasteiger partial charge in [-0.3, -0.25) is 5.43 Å². The molecule has 0 atom stereocenters. The van der Waals surface area contributed by atoms with Gasteiger partial charge in [0, 0.05) is 42.4 Å². The zero-order chi connectivity index (χ0) is 17.5. The quantitative estimate of drug-likeness (QED) is 0.631. The normalized spacial score (nSPS) is 14.1. The van der Waals surface area contributed by atoms with E-state index in [4.69, 9.17) is 28.6 Å². The maximum absolute atomic E-state index is 11.6. The van der Waals surface area contributed by atoms with Crippen LogP contribution in [0.1, 0.15) is 25.3 Å². The summed E-state index contributed by atoms with van der Waals surface area (Å²) in [5.41, 5.74) is 5.60. The molecule has 6 nitrogen and oxygen atoms in total. The van der Waals surface area contributed by atoms with Gasteiger partial charge in [-0.2, -0.15) is 5.10 Å². The van der Waals surface area contributed by atoms with Gasteiger partial charge >= 0.3 is 6.09 Å². The molecular formula is C16H21ClN4O2S. The van der Waals surface area contributed by atoms with Crippen LogP contribution >= 0.6 is 23.8 Å². The summed E-state index contributed by atoms with van der Waals surface area (Å²) >= 11 is 11.3. The predicted molar refractivity (Wildman–Crippen MR) is 101 cm³/mol. The molecule has 1 fully saturated rings. The van der Waals surface area contributed by atoms with Crippen LogP contribution in [0.5, 0.6) is 0 Å². The fourth-order valence-corrected chi connectivity index (χ4v) is 2.63. The Morgan fingerprint density at radius 3 is 2.79 bits per heavy atom. The summed E-state index contributed by atoms with van der Waals surface area (Å²) in [5, 5.41) is 8.49. The number of halogens is 1. The highest BCUT2D eigenvalue weighted by atomic mass is 35.5. The fourth-order valence-electron chi connectivity index (χ4n) is 2.30. The number of amides is 1. The number of carbonyl (C=O) groups is 1. The summed E-state index contributed by atoms with van der Waals surface area (Å²) in [6, 6.07) is 5.59. The van der Waals surface area contributed by atoms with Gasteiger partial charge in [0.15, 0.2) is 5.11 Å². The lowest BCUT2D eigenvalue weighted by atomic mass is 10.1. The van der Waals surface area contributed by atoms with Crippen molar-refractivity contribution in [3.8, 4) is 0 Å². The van der Waals surface area contributed by atoms with Crippen molar-refractivity contribution in [3.63, 3.8) is 0 Å². The number of piperidine rings is 1. The lowest BCUT2D eigenvalue weighted by Gasteiger charge is -2.26. The molecule has 1 heterocycles. The molecule has 2 N–H and O–H groups in total. The van der Waals surface area contributed by atoms with E-state index in [0.29, 0.717) is 42.7 Å². The zero-order valence-electron chi connectivity index (χ0n) is 13.8. The third kappa shape index (κ3) is 5.07. The third-order valence-corrected chi connectivity index (χ3v) is 4.30. The van der Waals surface area contributed by atoms with Crippen molar-refractivity contribution in [2.45, 2.75) is 26.7 Å². The second-order valence-corrected chi connectivity index (χ2v) is 6.16. The largest absolute Gasteiger partial charge is 0.450 e. The van der Waals surface area contributed by atoms with E-state index in [1.165, 1.54) is 0 Å². The van der Waals surface area contributed by atoms with Crippen molar-refractivity contribution in [1.82, 2.24) is 10.3 Å². The van der Waals surface area contributed by atoms with Crippen LogP contribution in [0.2, 0.25) is 5.02 Å². The minimum absolute atomic E-state index is 0.266. The number of nitrogens with one attached hydrogen (secondary N) is 2. The number of likely N-dealkylation sites (tertiary alicyclic amines) is 1. The van der Waals surface area contributed by atoms with Crippen molar-refractivity contribution >= 4 is 46.4 Å². The molecule has 0 aliphatic carbocycles. The number of carbonyl (C=O) groups excluding carboxylic acids is 1. The molecule has 1 aromatic rings. The Labute approximate surface area is 152 Å². The highest BCUT2D eigenvalue weighted by Crippen LogP contribution is 2.22. The van der Waals surface area contributed by atoms with Gasteiger partial charge in [-0.1, -0.05) is 17.7 Å². The van der Waals surface area contributed by atoms with Crippen LogP contribution in [0.4, 0.5) is 10.5 Å². The summed E-state index contributed by atoms with van der Waals surface area (Å²) in [6.07, 6.45) is 1.13. The third-order valence-electron chi connectivity index (χ3n) is 3.70. The lowest BCUT2D eigenvalue weighted by Crippen LogP contribution is -2.39. The Morgan fingerprint density at radius 2 is 2.12 bits per heavy atom. The summed E-state index contributed by atoms with van der Waals surface area (Å²) in [5.74, 6) is 0. The molecule has 1 amide bonds. The number of ether oxygens (including phenoxy) is 1. The first-order valence-electron chi connectivity index (χ1n) is 7.80. The fraction of sp³-hybridized carbons (Fsp3) is 0.438. The predicted octanol–water partition coefficient (Wildman–Crippen LogP) is 3.54. The van der Waals surface area contributed by atoms with E-state index in [-0.39, 0.29) is 6.09 Å².